The summed E-state index contributed by atoms with van der Waals surface area (Å²) in [5.74, 6) is 1.62. The molecule has 0 aromatic carbocycles. The first-order valence-corrected chi connectivity index (χ1v) is 11.8. The molecule has 28 heavy (non-hydrogen) atoms. The van der Waals surface area contributed by atoms with Crippen molar-refractivity contribution in [3.8, 4) is 0 Å². The summed E-state index contributed by atoms with van der Waals surface area (Å²) in [4.78, 5) is 30.9. The van der Waals surface area contributed by atoms with Crippen molar-refractivity contribution in [3.05, 3.63) is 22.4 Å². The molecule has 1 atom stereocenters. The van der Waals surface area contributed by atoms with Crippen LogP contribution in [0.3, 0.4) is 0 Å². The summed E-state index contributed by atoms with van der Waals surface area (Å²) in [5, 5.41) is 5.38. The topological polar surface area (TPSA) is 52.7 Å². The fourth-order valence-electron chi connectivity index (χ4n) is 4.52. The lowest BCUT2D eigenvalue weighted by Gasteiger charge is -2.37. The number of nitrogens with one attached hydrogen (secondary N) is 1. The van der Waals surface area contributed by atoms with Crippen LogP contribution >= 0.6 is 11.3 Å². The van der Waals surface area contributed by atoms with Crippen molar-refractivity contribution in [2.24, 2.45) is 17.8 Å². The van der Waals surface area contributed by atoms with E-state index in [0.717, 1.165) is 57.8 Å². The van der Waals surface area contributed by atoms with Gasteiger partial charge in [0.25, 0.3) is 0 Å². The number of carbonyl (C=O) groups is 2. The molecule has 3 fully saturated rings. The number of thiophene rings is 1. The van der Waals surface area contributed by atoms with Gasteiger partial charge in [-0.15, -0.1) is 11.3 Å². The van der Waals surface area contributed by atoms with E-state index in [0.29, 0.717) is 12.5 Å². The molecular weight excluding hydrogens is 370 g/mol. The fraction of sp³-hybridized carbons (Fsp3) is 0.727. The Morgan fingerprint density at radius 1 is 1.07 bits per heavy atom. The summed E-state index contributed by atoms with van der Waals surface area (Å²) in [6.07, 6.45) is 6.19. The molecule has 5 nitrogen and oxygen atoms in total. The number of carbonyl (C=O) groups excluding carboxylic acids is 2. The van der Waals surface area contributed by atoms with Gasteiger partial charge < -0.3 is 10.2 Å². The molecule has 1 aromatic heterocycles. The van der Waals surface area contributed by atoms with Gasteiger partial charge in [-0.25, -0.2) is 0 Å². The zero-order chi connectivity index (χ0) is 19.5. The standard InChI is InChI=1S/C22H33N3O2S/c1-16-6-10-24(11-7-16)19(20-3-2-14-28-20)15-23-21(26)17-8-12-25(13-9-17)22(27)18-4-5-18/h2-3,14,16-19H,4-13,15H2,1H3,(H,23,26). The number of hydrogen-bond donors (Lipinski definition) is 1. The third-order valence-corrected chi connectivity index (χ3v) is 7.68. The smallest absolute Gasteiger partial charge is 0.225 e. The zero-order valence-electron chi connectivity index (χ0n) is 16.9. The van der Waals surface area contributed by atoms with Crippen molar-refractivity contribution in [2.45, 2.75) is 51.5 Å². The Hall–Kier alpha value is -1.40. The molecule has 1 aromatic rings. The van der Waals surface area contributed by atoms with E-state index in [4.69, 9.17) is 0 Å². The van der Waals surface area contributed by atoms with E-state index in [1.54, 1.807) is 11.3 Å². The lowest BCUT2D eigenvalue weighted by Crippen LogP contribution is -2.46. The van der Waals surface area contributed by atoms with E-state index in [-0.39, 0.29) is 23.8 Å². The molecule has 0 spiro atoms. The first-order valence-electron chi connectivity index (χ1n) is 11.0. The predicted octanol–water partition coefficient (Wildman–Crippen LogP) is 3.29. The van der Waals surface area contributed by atoms with Crippen molar-refractivity contribution in [1.82, 2.24) is 15.1 Å². The summed E-state index contributed by atoms with van der Waals surface area (Å²) in [6, 6.07) is 4.59. The molecule has 1 aliphatic carbocycles. The van der Waals surface area contributed by atoms with Crippen molar-refractivity contribution in [2.75, 3.05) is 32.7 Å². The molecule has 6 heteroatoms. The number of rotatable bonds is 6. The van der Waals surface area contributed by atoms with Gasteiger partial charge in [0.1, 0.15) is 0 Å². The number of nitrogens with zero attached hydrogens (tertiary/aromatic N) is 2. The maximum absolute atomic E-state index is 12.8. The van der Waals surface area contributed by atoms with Gasteiger partial charge >= 0.3 is 0 Å². The summed E-state index contributed by atoms with van der Waals surface area (Å²) in [6.45, 7) is 6.73. The third kappa shape index (κ3) is 4.77. The second kappa shape index (κ2) is 8.95. The predicted molar refractivity (Wildman–Crippen MR) is 112 cm³/mol. The van der Waals surface area contributed by atoms with E-state index >= 15 is 0 Å². The van der Waals surface area contributed by atoms with Crippen LogP contribution < -0.4 is 5.32 Å². The van der Waals surface area contributed by atoms with E-state index in [1.807, 2.05) is 4.90 Å². The number of piperidine rings is 2. The summed E-state index contributed by atoms with van der Waals surface area (Å²) < 4.78 is 0. The minimum atomic E-state index is 0.0496. The molecular formula is C22H33N3O2S. The minimum absolute atomic E-state index is 0.0496. The van der Waals surface area contributed by atoms with Gasteiger partial charge in [-0.3, -0.25) is 14.5 Å². The van der Waals surface area contributed by atoms with Crippen LogP contribution in [0.5, 0.6) is 0 Å². The Bertz CT molecular complexity index is 657. The van der Waals surface area contributed by atoms with Crippen molar-refractivity contribution in [1.29, 1.82) is 0 Å². The van der Waals surface area contributed by atoms with Crippen LogP contribution in [0.15, 0.2) is 17.5 Å². The molecule has 0 bridgehead atoms. The van der Waals surface area contributed by atoms with E-state index in [1.165, 1.54) is 17.7 Å². The van der Waals surface area contributed by atoms with Crippen LogP contribution in [-0.4, -0.2) is 54.3 Å². The summed E-state index contributed by atoms with van der Waals surface area (Å²) in [7, 11) is 0. The van der Waals surface area contributed by atoms with Gasteiger partial charge in [0.15, 0.2) is 0 Å². The number of likely N-dealkylation sites (tertiary alicyclic amines) is 2. The molecule has 154 valence electrons. The Morgan fingerprint density at radius 3 is 2.39 bits per heavy atom. The highest BCUT2D eigenvalue weighted by Gasteiger charge is 2.36. The largest absolute Gasteiger partial charge is 0.354 e. The quantitative estimate of drug-likeness (QED) is 0.793. The average Bonchev–Trinajstić information content (AvgIpc) is 3.44. The number of amides is 2. The van der Waals surface area contributed by atoms with Gasteiger partial charge in [-0.05, 0) is 69.0 Å². The Kier molecular flexibility index (Phi) is 6.36. The van der Waals surface area contributed by atoms with Gasteiger partial charge in [0.2, 0.25) is 11.8 Å². The highest BCUT2D eigenvalue weighted by molar-refractivity contribution is 7.10. The molecule has 1 unspecified atom stereocenters. The first kappa shape index (κ1) is 19.9. The molecule has 2 saturated heterocycles. The first-order chi connectivity index (χ1) is 13.6. The van der Waals surface area contributed by atoms with Crippen LogP contribution in [0.25, 0.3) is 0 Å². The average molecular weight is 404 g/mol. The molecule has 0 radical (unpaired) electrons. The van der Waals surface area contributed by atoms with Crippen LogP contribution in [-0.2, 0) is 9.59 Å². The molecule has 2 aliphatic heterocycles. The molecule has 1 saturated carbocycles. The fourth-order valence-corrected chi connectivity index (χ4v) is 5.38. The molecule has 3 aliphatic rings. The highest BCUT2D eigenvalue weighted by Crippen LogP contribution is 2.33. The Morgan fingerprint density at radius 2 is 1.79 bits per heavy atom. The van der Waals surface area contributed by atoms with Crippen LogP contribution in [0.2, 0.25) is 0 Å². The van der Waals surface area contributed by atoms with E-state index < -0.39 is 0 Å². The normalized spacial score (nSPS) is 23.5. The Labute approximate surface area is 172 Å². The van der Waals surface area contributed by atoms with Crippen molar-refractivity contribution < 1.29 is 9.59 Å². The zero-order valence-corrected chi connectivity index (χ0v) is 17.8. The second-order valence-corrected chi connectivity index (χ2v) is 9.85. The van der Waals surface area contributed by atoms with Crippen LogP contribution in [0.1, 0.15) is 56.4 Å². The maximum atomic E-state index is 12.8. The van der Waals surface area contributed by atoms with Gasteiger partial charge in [-0.1, -0.05) is 13.0 Å². The van der Waals surface area contributed by atoms with Crippen molar-refractivity contribution >= 4 is 23.2 Å². The lowest BCUT2D eigenvalue weighted by atomic mass is 9.95. The summed E-state index contributed by atoms with van der Waals surface area (Å²) in [5.41, 5.74) is 0. The van der Waals surface area contributed by atoms with Crippen LogP contribution in [0, 0.1) is 17.8 Å². The Balaban J connectivity index is 1.29. The van der Waals surface area contributed by atoms with Crippen molar-refractivity contribution in [3.63, 3.8) is 0 Å². The monoisotopic (exact) mass is 403 g/mol. The minimum Gasteiger partial charge on any atom is -0.354 e. The SMILES string of the molecule is CC1CCN(C(CNC(=O)C2CCN(C(=O)C3CC3)CC2)c2cccs2)CC1. The van der Waals surface area contributed by atoms with E-state index in [2.05, 4.69) is 34.7 Å². The molecule has 4 rings (SSSR count). The third-order valence-electron chi connectivity index (χ3n) is 6.70. The molecule has 2 amide bonds. The highest BCUT2D eigenvalue weighted by atomic mass is 32.1. The van der Waals surface area contributed by atoms with E-state index in [9.17, 15) is 9.59 Å². The van der Waals surface area contributed by atoms with Gasteiger partial charge in [0.05, 0.1) is 6.04 Å². The van der Waals surface area contributed by atoms with Gasteiger partial charge in [0, 0.05) is 36.3 Å². The number of hydrogen-bond acceptors (Lipinski definition) is 4. The van der Waals surface area contributed by atoms with Crippen LogP contribution in [0.4, 0.5) is 0 Å². The maximum Gasteiger partial charge on any atom is 0.225 e. The lowest BCUT2D eigenvalue weighted by molar-refractivity contribution is -0.136. The second-order valence-electron chi connectivity index (χ2n) is 8.87. The molecule has 1 N–H and O–H groups in total. The van der Waals surface area contributed by atoms with Gasteiger partial charge in [-0.2, -0.15) is 0 Å². The molecule has 3 heterocycles. The summed E-state index contributed by atoms with van der Waals surface area (Å²) >= 11 is 1.79.